The molecule has 1 aliphatic heterocycles. The van der Waals surface area contributed by atoms with Crippen LogP contribution in [0.3, 0.4) is 0 Å². The Morgan fingerprint density at radius 1 is 1.10 bits per heavy atom. The van der Waals surface area contributed by atoms with E-state index in [1.54, 1.807) is 0 Å². The van der Waals surface area contributed by atoms with Crippen molar-refractivity contribution in [2.45, 2.75) is 32.2 Å². The summed E-state index contributed by atoms with van der Waals surface area (Å²) in [7, 11) is 0. The molecular weight excluding hydrogens is 396 g/mol. The van der Waals surface area contributed by atoms with E-state index in [4.69, 9.17) is 5.26 Å². The van der Waals surface area contributed by atoms with E-state index in [9.17, 15) is 4.79 Å². The van der Waals surface area contributed by atoms with E-state index >= 15 is 0 Å². The molecule has 1 amide bonds. The second kappa shape index (κ2) is 10.1. The van der Waals surface area contributed by atoms with Gasteiger partial charge in [0.2, 0.25) is 5.91 Å². The normalized spacial score (nSPS) is 16.0. The molecule has 2 aromatic carbocycles. The minimum atomic E-state index is 0. The number of aryl methyl sites for hydroxylation is 1. The molecule has 3 aromatic rings. The van der Waals surface area contributed by atoms with Gasteiger partial charge in [-0.15, -0.1) is 12.4 Å². The van der Waals surface area contributed by atoms with Crippen LogP contribution in [0.4, 0.5) is 5.69 Å². The summed E-state index contributed by atoms with van der Waals surface area (Å²) in [6.45, 7) is 1.53. The summed E-state index contributed by atoms with van der Waals surface area (Å²) in [5.74, 6) is 0.638. The van der Waals surface area contributed by atoms with Crippen molar-refractivity contribution in [3.63, 3.8) is 0 Å². The smallest absolute Gasteiger partial charge is 0.227 e. The Morgan fingerprint density at radius 2 is 1.87 bits per heavy atom. The zero-order chi connectivity index (χ0) is 20.1. The second-order valence-electron chi connectivity index (χ2n) is 7.60. The van der Waals surface area contributed by atoms with Gasteiger partial charge in [0.1, 0.15) is 0 Å². The molecule has 6 heteroatoms. The van der Waals surface area contributed by atoms with E-state index < -0.39 is 0 Å². The molecule has 154 valence electrons. The zero-order valence-corrected chi connectivity index (χ0v) is 17.6. The van der Waals surface area contributed by atoms with Crippen LogP contribution in [-0.4, -0.2) is 22.0 Å². The molecule has 0 saturated carbocycles. The number of halogens is 1. The lowest BCUT2D eigenvalue weighted by Crippen LogP contribution is -2.39. The molecule has 1 atom stereocenters. The van der Waals surface area contributed by atoms with Crippen molar-refractivity contribution in [2.75, 3.05) is 11.4 Å². The topological polar surface area (TPSA) is 61.9 Å². The lowest BCUT2D eigenvalue weighted by atomic mass is 9.91. The first-order chi connectivity index (χ1) is 14.2. The first-order valence-corrected chi connectivity index (χ1v) is 10.1. The number of nitriles is 1. The highest BCUT2D eigenvalue weighted by Gasteiger charge is 2.26. The quantitative estimate of drug-likeness (QED) is 0.585. The Morgan fingerprint density at radius 3 is 2.57 bits per heavy atom. The molecule has 1 fully saturated rings. The molecule has 0 bridgehead atoms. The van der Waals surface area contributed by atoms with Gasteiger partial charge in [-0.1, -0.05) is 30.3 Å². The van der Waals surface area contributed by atoms with Crippen molar-refractivity contribution in [3.05, 3.63) is 83.9 Å². The molecule has 0 N–H and O–H groups in total. The van der Waals surface area contributed by atoms with Gasteiger partial charge in [0.25, 0.3) is 0 Å². The average Bonchev–Trinajstić information content (AvgIpc) is 3.20. The molecule has 2 heterocycles. The maximum Gasteiger partial charge on any atom is 0.227 e. The van der Waals surface area contributed by atoms with Gasteiger partial charge in [-0.3, -0.25) is 4.79 Å². The lowest BCUT2D eigenvalue weighted by Gasteiger charge is -2.31. The largest absolute Gasteiger partial charge is 0.330 e. The number of hydrogen-bond acceptors (Lipinski definition) is 3. The van der Waals surface area contributed by atoms with Gasteiger partial charge >= 0.3 is 0 Å². The molecule has 0 spiro atoms. The van der Waals surface area contributed by atoms with Crippen LogP contribution in [0, 0.1) is 17.2 Å². The van der Waals surface area contributed by atoms with E-state index in [2.05, 4.69) is 15.6 Å². The summed E-state index contributed by atoms with van der Waals surface area (Å²) in [6.07, 6.45) is 7.33. The van der Waals surface area contributed by atoms with Gasteiger partial charge < -0.3 is 9.47 Å². The molecule has 5 nitrogen and oxygen atoms in total. The fraction of sp³-hybridized carbons (Fsp3) is 0.292. The predicted octanol–water partition coefficient (Wildman–Crippen LogP) is 4.60. The van der Waals surface area contributed by atoms with Gasteiger partial charge in [0.05, 0.1) is 18.0 Å². The van der Waals surface area contributed by atoms with E-state index in [0.717, 1.165) is 43.6 Å². The monoisotopic (exact) mass is 420 g/mol. The number of imidazole rings is 1. The maximum absolute atomic E-state index is 12.6. The maximum atomic E-state index is 12.6. The summed E-state index contributed by atoms with van der Waals surface area (Å²) < 4.78 is 2.16. The third kappa shape index (κ3) is 5.08. The van der Waals surface area contributed by atoms with Gasteiger partial charge in [-0.05, 0) is 55.0 Å². The van der Waals surface area contributed by atoms with Gasteiger partial charge in [-0.25, -0.2) is 4.98 Å². The highest BCUT2D eigenvalue weighted by atomic mass is 35.5. The number of piperidine rings is 1. The molecule has 30 heavy (non-hydrogen) atoms. The standard InChI is InChI=1S/C24H24N4O.ClH/c25-15-20-6-8-21(9-7-20)17-27-18-26-16-23(27)11-10-19-12-13-28(24(29)14-19)22-4-2-1-3-5-22;/h1-9,16,18-19H,10-14,17H2;1H. The fourth-order valence-corrected chi connectivity index (χ4v) is 3.96. The molecular formula is C24H25ClN4O. The van der Waals surface area contributed by atoms with Crippen LogP contribution in [0.1, 0.15) is 36.1 Å². The lowest BCUT2D eigenvalue weighted by molar-refractivity contribution is -0.120. The Kier molecular flexibility index (Phi) is 7.26. The van der Waals surface area contributed by atoms with Crippen LogP contribution >= 0.6 is 12.4 Å². The van der Waals surface area contributed by atoms with Crippen LogP contribution in [0.15, 0.2) is 67.1 Å². The summed E-state index contributed by atoms with van der Waals surface area (Å²) in [4.78, 5) is 18.8. The molecule has 0 radical (unpaired) electrons. The van der Waals surface area contributed by atoms with Crippen LogP contribution < -0.4 is 4.90 Å². The number of anilines is 1. The Balaban J connectivity index is 0.00000256. The second-order valence-corrected chi connectivity index (χ2v) is 7.60. The first-order valence-electron chi connectivity index (χ1n) is 10.1. The third-order valence-electron chi connectivity index (χ3n) is 5.64. The number of amides is 1. The number of hydrogen-bond donors (Lipinski definition) is 0. The number of aromatic nitrogens is 2. The number of carbonyl (C=O) groups excluding carboxylic acids is 1. The van der Waals surface area contributed by atoms with Crippen molar-refractivity contribution in [2.24, 2.45) is 5.92 Å². The fourth-order valence-electron chi connectivity index (χ4n) is 3.96. The summed E-state index contributed by atoms with van der Waals surface area (Å²) in [6, 6.07) is 19.7. The molecule has 1 aliphatic rings. The third-order valence-corrected chi connectivity index (χ3v) is 5.64. The van der Waals surface area contributed by atoms with E-state index in [0.29, 0.717) is 17.9 Å². The Bertz CT molecular complexity index is 1010. The van der Waals surface area contributed by atoms with Crippen molar-refractivity contribution in [1.82, 2.24) is 9.55 Å². The average molecular weight is 421 g/mol. The van der Waals surface area contributed by atoms with Gasteiger partial charge in [0.15, 0.2) is 0 Å². The molecule has 0 aliphatic carbocycles. The van der Waals surface area contributed by atoms with Crippen LogP contribution in [0.5, 0.6) is 0 Å². The van der Waals surface area contributed by atoms with Crippen LogP contribution in [0.2, 0.25) is 0 Å². The number of nitrogens with zero attached hydrogens (tertiary/aromatic N) is 4. The summed E-state index contributed by atoms with van der Waals surface area (Å²) >= 11 is 0. The number of carbonyl (C=O) groups is 1. The number of rotatable bonds is 6. The van der Waals surface area contributed by atoms with Crippen molar-refractivity contribution in [1.29, 1.82) is 5.26 Å². The van der Waals surface area contributed by atoms with Crippen molar-refractivity contribution < 1.29 is 4.79 Å². The van der Waals surface area contributed by atoms with Gasteiger partial charge in [0, 0.05) is 37.1 Å². The summed E-state index contributed by atoms with van der Waals surface area (Å²) in [5, 5.41) is 8.93. The first kappa shape index (κ1) is 21.6. The van der Waals surface area contributed by atoms with E-state index in [-0.39, 0.29) is 18.3 Å². The minimum absolute atomic E-state index is 0. The zero-order valence-electron chi connectivity index (χ0n) is 16.8. The molecule has 1 aromatic heterocycles. The van der Waals surface area contributed by atoms with Crippen molar-refractivity contribution >= 4 is 24.0 Å². The molecule has 1 unspecified atom stereocenters. The highest BCUT2D eigenvalue weighted by Crippen LogP contribution is 2.27. The van der Waals surface area contributed by atoms with Crippen molar-refractivity contribution in [3.8, 4) is 6.07 Å². The van der Waals surface area contributed by atoms with Crippen LogP contribution in [-0.2, 0) is 17.8 Å². The Labute approximate surface area is 183 Å². The van der Waals surface area contributed by atoms with E-state index in [1.165, 1.54) is 5.69 Å². The number of para-hydroxylation sites is 1. The van der Waals surface area contributed by atoms with Crippen LogP contribution in [0.25, 0.3) is 0 Å². The number of benzene rings is 2. The molecule has 4 rings (SSSR count). The SMILES string of the molecule is Cl.N#Cc1ccc(Cn2cncc2CCC2CCN(c3ccccc3)C(=O)C2)cc1. The minimum Gasteiger partial charge on any atom is -0.330 e. The van der Waals surface area contributed by atoms with Gasteiger partial charge in [-0.2, -0.15) is 5.26 Å². The van der Waals surface area contributed by atoms with E-state index in [1.807, 2.05) is 72.0 Å². The highest BCUT2D eigenvalue weighted by molar-refractivity contribution is 5.94. The molecule has 1 saturated heterocycles. The summed E-state index contributed by atoms with van der Waals surface area (Å²) in [5.41, 5.74) is 4.00. The predicted molar refractivity (Wildman–Crippen MR) is 120 cm³/mol. The Hall–Kier alpha value is -3.10.